The highest BCUT2D eigenvalue weighted by atomic mass is 127. The lowest BCUT2D eigenvalue weighted by Gasteiger charge is -2.36. The summed E-state index contributed by atoms with van der Waals surface area (Å²) in [5, 5.41) is 3.36. The first-order valence-corrected chi connectivity index (χ1v) is 11.2. The fraction of sp³-hybridized carbons (Fsp3) is 0.458. The number of aromatic nitrogens is 1. The first-order valence-electron chi connectivity index (χ1n) is 11.2. The highest BCUT2D eigenvalue weighted by Gasteiger charge is 2.21. The number of benzene rings is 1. The van der Waals surface area contributed by atoms with Gasteiger partial charge in [-0.3, -0.25) is 4.79 Å². The number of aliphatic imine (C=N–C) groups is 1. The normalized spacial score (nSPS) is 13.8. The number of pyridine rings is 1. The van der Waals surface area contributed by atoms with E-state index in [1.54, 1.807) is 13.1 Å². The largest absolute Gasteiger partial charge is 0.494 e. The van der Waals surface area contributed by atoms with Gasteiger partial charge in [-0.25, -0.2) is 9.98 Å². The lowest BCUT2D eigenvalue weighted by Crippen LogP contribution is -2.53. The minimum absolute atomic E-state index is 0. The van der Waals surface area contributed by atoms with Crippen molar-refractivity contribution in [3.8, 4) is 17.4 Å². The van der Waals surface area contributed by atoms with Crippen LogP contribution in [0, 0.1) is 0 Å². The molecule has 1 saturated heterocycles. The minimum atomic E-state index is 0. The van der Waals surface area contributed by atoms with Crippen molar-refractivity contribution >= 4 is 35.8 Å². The van der Waals surface area contributed by atoms with E-state index < -0.39 is 0 Å². The summed E-state index contributed by atoms with van der Waals surface area (Å²) < 4.78 is 11.7. The quantitative estimate of drug-likeness (QED) is 0.296. The van der Waals surface area contributed by atoms with Gasteiger partial charge >= 0.3 is 0 Å². The standard InChI is InChI=1S/C24H33N5O3.HI/c1-4-17-31-21-8-10-22(11-9-21)32-23-20(7-6-12-26-23)18-27-24(25-5-2)29-15-13-28(14-16-29)19(3)30;/h6-12H,4-5,13-18H2,1-3H3,(H,25,27);1H. The number of carbonyl (C=O) groups excluding carboxylic acids is 1. The molecule has 0 aliphatic carbocycles. The maximum Gasteiger partial charge on any atom is 0.224 e. The number of nitrogens with zero attached hydrogens (tertiary/aromatic N) is 4. The highest BCUT2D eigenvalue weighted by molar-refractivity contribution is 14.0. The zero-order chi connectivity index (χ0) is 22.8. The maximum absolute atomic E-state index is 11.6. The number of hydrogen-bond donors (Lipinski definition) is 1. The van der Waals surface area contributed by atoms with Crippen LogP contribution in [-0.4, -0.2) is 66.0 Å². The van der Waals surface area contributed by atoms with Gasteiger partial charge in [-0.1, -0.05) is 13.0 Å². The van der Waals surface area contributed by atoms with Crippen LogP contribution < -0.4 is 14.8 Å². The molecule has 0 unspecified atom stereocenters. The molecule has 0 atom stereocenters. The number of ether oxygens (including phenoxy) is 2. The van der Waals surface area contributed by atoms with Gasteiger partial charge in [0.1, 0.15) is 11.5 Å². The Morgan fingerprint density at radius 1 is 1.06 bits per heavy atom. The van der Waals surface area contributed by atoms with Crippen LogP contribution in [0.1, 0.15) is 32.8 Å². The van der Waals surface area contributed by atoms with Gasteiger partial charge in [0.05, 0.1) is 13.2 Å². The van der Waals surface area contributed by atoms with Crippen LogP contribution >= 0.6 is 24.0 Å². The van der Waals surface area contributed by atoms with E-state index >= 15 is 0 Å². The molecular weight excluding hydrogens is 533 g/mol. The molecule has 0 spiro atoms. The second kappa shape index (κ2) is 13.9. The molecule has 0 bridgehead atoms. The van der Waals surface area contributed by atoms with Crippen LogP contribution in [-0.2, 0) is 11.3 Å². The van der Waals surface area contributed by atoms with Crippen molar-refractivity contribution in [3.63, 3.8) is 0 Å². The van der Waals surface area contributed by atoms with Crippen molar-refractivity contribution in [2.24, 2.45) is 4.99 Å². The van der Waals surface area contributed by atoms with Crippen molar-refractivity contribution in [2.45, 2.75) is 33.7 Å². The molecule has 2 aromatic rings. The Labute approximate surface area is 213 Å². The van der Waals surface area contributed by atoms with Crippen LogP contribution in [0.25, 0.3) is 0 Å². The van der Waals surface area contributed by atoms with Gasteiger partial charge in [0, 0.05) is 51.4 Å². The highest BCUT2D eigenvalue weighted by Crippen LogP contribution is 2.25. The molecule has 1 aromatic heterocycles. The van der Waals surface area contributed by atoms with E-state index in [-0.39, 0.29) is 29.9 Å². The molecule has 1 aliphatic rings. The Morgan fingerprint density at radius 2 is 1.73 bits per heavy atom. The number of amides is 1. The number of piperazine rings is 1. The molecule has 1 aliphatic heterocycles. The van der Waals surface area contributed by atoms with E-state index in [9.17, 15) is 4.79 Å². The summed E-state index contributed by atoms with van der Waals surface area (Å²) in [6, 6.07) is 11.4. The Kier molecular flexibility index (Phi) is 11.2. The molecule has 0 radical (unpaired) electrons. The molecule has 8 nitrogen and oxygen atoms in total. The Hall–Kier alpha value is -2.56. The topological polar surface area (TPSA) is 79.3 Å². The van der Waals surface area contributed by atoms with E-state index in [2.05, 4.69) is 22.1 Å². The molecular formula is C24H34IN5O3. The summed E-state index contributed by atoms with van der Waals surface area (Å²) >= 11 is 0. The number of hydrogen-bond acceptors (Lipinski definition) is 5. The minimum Gasteiger partial charge on any atom is -0.494 e. The zero-order valence-electron chi connectivity index (χ0n) is 19.6. The predicted octanol–water partition coefficient (Wildman–Crippen LogP) is 3.91. The molecule has 3 rings (SSSR count). The first kappa shape index (κ1) is 26.7. The van der Waals surface area contributed by atoms with Gasteiger partial charge in [0.2, 0.25) is 11.8 Å². The zero-order valence-corrected chi connectivity index (χ0v) is 22.0. The average molecular weight is 567 g/mol. The molecule has 180 valence electrons. The van der Waals surface area contributed by atoms with E-state index in [0.717, 1.165) is 43.3 Å². The van der Waals surface area contributed by atoms with E-state index in [1.165, 1.54) is 0 Å². The summed E-state index contributed by atoms with van der Waals surface area (Å²) in [7, 11) is 0. The summed E-state index contributed by atoms with van der Waals surface area (Å²) in [5.74, 6) is 3.02. The maximum atomic E-state index is 11.6. The molecule has 33 heavy (non-hydrogen) atoms. The molecule has 1 amide bonds. The van der Waals surface area contributed by atoms with Crippen LogP contribution in [0.2, 0.25) is 0 Å². The molecule has 9 heteroatoms. The second-order valence-electron chi connectivity index (χ2n) is 7.55. The number of carbonyl (C=O) groups is 1. The fourth-order valence-electron chi connectivity index (χ4n) is 3.39. The van der Waals surface area contributed by atoms with Gasteiger partial charge in [-0.05, 0) is 43.7 Å². The third-order valence-electron chi connectivity index (χ3n) is 5.12. The van der Waals surface area contributed by atoms with Crippen molar-refractivity contribution in [1.29, 1.82) is 0 Å². The molecule has 0 saturated carbocycles. The Morgan fingerprint density at radius 3 is 2.36 bits per heavy atom. The summed E-state index contributed by atoms with van der Waals surface area (Å²) in [6.45, 7) is 10.6. The Bertz CT molecular complexity index is 899. The van der Waals surface area contributed by atoms with E-state index in [0.29, 0.717) is 37.9 Å². The van der Waals surface area contributed by atoms with Gasteiger partial charge in [0.25, 0.3) is 0 Å². The number of rotatable bonds is 8. The lowest BCUT2D eigenvalue weighted by molar-refractivity contribution is -0.130. The van der Waals surface area contributed by atoms with Gasteiger partial charge < -0.3 is 24.6 Å². The van der Waals surface area contributed by atoms with Crippen LogP contribution in [0.15, 0.2) is 47.6 Å². The molecule has 2 heterocycles. The smallest absolute Gasteiger partial charge is 0.224 e. The van der Waals surface area contributed by atoms with Gasteiger partial charge in [0.15, 0.2) is 5.96 Å². The first-order chi connectivity index (χ1) is 15.6. The number of nitrogens with one attached hydrogen (secondary N) is 1. The third-order valence-corrected chi connectivity index (χ3v) is 5.12. The summed E-state index contributed by atoms with van der Waals surface area (Å²) in [6.07, 6.45) is 2.69. The van der Waals surface area contributed by atoms with Crippen LogP contribution in [0.4, 0.5) is 0 Å². The molecule has 1 fully saturated rings. The number of guanidine groups is 1. The second-order valence-corrected chi connectivity index (χ2v) is 7.55. The Balaban J connectivity index is 0.00000385. The van der Waals surface area contributed by atoms with Crippen LogP contribution in [0.5, 0.6) is 17.4 Å². The van der Waals surface area contributed by atoms with Crippen molar-refractivity contribution in [1.82, 2.24) is 20.1 Å². The molecule has 1 N–H and O–H groups in total. The summed E-state index contributed by atoms with van der Waals surface area (Å²) in [4.78, 5) is 24.9. The van der Waals surface area contributed by atoms with Gasteiger partial charge in [-0.15, -0.1) is 24.0 Å². The monoisotopic (exact) mass is 567 g/mol. The predicted molar refractivity (Wildman–Crippen MR) is 141 cm³/mol. The average Bonchev–Trinajstić information content (AvgIpc) is 2.82. The van der Waals surface area contributed by atoms with Crippen molar-refractivity contribution in [3.05, 3.63) is 48.2 Å². The SMILES string of the molecule is CCCOc1ccc(Oc2ncccc2CN=C(NCC)N2CCN(C(C)=O)CC2)cc1.I. The van der Waals surface area contributed by atoms with Crippen molar-refractivity contribution < 1.29 is 14.3 Å². The van der Waals surface area contributed by atoms with Crippen LogP contribution in [0.3, 0.4) is 0 Å². The molecule has 1 aromatic carbocycles. The lowest BCUT2D eigenvalue weighted by atomic mass is 10.2. The summed E-state index contributed by atoms with van der Waals surface area (Å²) in [5.41, 5.74) is 0.900. The third kappa shape index (κ3) is 8.06. The van der Waals surface area contributed by atoms with E-state index in [4.69, 9.17) is 14.5 Å². The van der Waals surface area contributed by atoms with E-state index in [1.807, 2.05) is 48.2 Å². The number of halogens is 1. The van der Waals surface area contributed by atoms with Gasteiger partial charge in [-0.2, -0.15) is 0 Å². The van der Waals surface area contributed by atoms with Crippen molar-refractivity contribution in [2.75, 3.05) is 39.3 Å². The fourth-order valence-corrected chi connectivity index (χ4v) is 3.39.